The maximum atomic E-state index is 14.4. The number of nitrogens with one attached hydrogen (secondary N) is 3. The number of anilines is 1. The third kappa shape index (κ3) is 9.23. The third-order valence-electron chi connectivity index (χ3n) is 16.5. The van der Waals surface area contributed by atoms with Gasteiger partial charge in [-0.15, -0.1) is 21.5 Å². The van der Waals surface area contributed by atoms with E-state index in [9.17, 15) is 24.6 Å². The Morgan fingerprint density at radius 3 is 2.35 bits per heavy atom. The summed E-state index contributed by atoms with van der Waals surface area (Å²) in [5, 5.41) is 37.3. The van der Waals surface area contributed by atoms with Crippen molar-refractivity contribution < 1.29 is 24.6 Å². The fourth-order valence-electron chi connectivity index (χ4n) is 12.3. The molecule has 4 atom stereocenters. The molecule has 6 aromatic rings. The minimum atomic E-state index is -0.847. The molecule has 2 aromatic carbocycles. The number of amides is 3. The zero-order valence-electron chi connectivity index (χ0n) is 41.8. The number of aliphatic hydroxyl groups excluding tert-OH is 1. The number of carbonyl (C=O) groups excluding carboxylic acids is 3. The maximum Gasteiger partial charge on any atom is 0.246 e. The molecule has 376 valence electrons. The molecule has 3 amide bonds. The molecular weight excluding hydrogens is 927 g/mol. The molecule has 5 N–H and O–H groups in total. The van der Waals surface area contributed by atoms with E-state index in [0.29, 0.717) is 29.8 Å². The molecule has 17 heteroatoms. The molecule has 11 rings (SSSR count). The van der Waals surface area contributed by atoms with Crippen LogP contribution in [0.15, 0.2) is 72.5 Å². The summed E-state index contributed by atoms with van der Waals surface area (Å²) >= 11 is 1.59. The van der Waals surface area contributed by atoms with E-state index >= 15 is 0 Å². The van der Waals surface area contributed by atoms with Crippen LogP contribution in [0.4, 0.5) is 5.95 Å². The number of para-hydroxylation sites is 1. The Hall–Kier alpha value is -6.30. The Morgan fingerprint density at radius 1 is 0.917 bits per heavy atom. The van der Waals surface area contributed by atoms with Crippen LogP contribution in [0.5, 0.6) is 5.75 Å². The second kappa shape index (κ2) is 19.0. The van der Waals surface area contributed by atoms with E-state index < -0.39 is 23.6 Å². The number of phenols is 1. The van der Waals surface area contributed by atoms with Gasteiger partial charge in [-0.1, -0.05) is 57.2 Å². The first kappa shape index (κ1) is 48.0. The topological polar surface area (TPSA) is 206 Å². The first-order valence-electron chi connectivity index (χ1n) is 25.7. The Balaban J connectivity index is 0.643. The van der Waals surface area contributed by atoms with Gasteiger partial charge in [-0.25, -0.2) is 15.0 Å². The second-order valence-corrected chi connectivity index (χ2v) is 23.2. The highest BCUT2D eigenvalue weighted by Crippen LogP contribution is 2.60. The average Bonchev–Trinajstić information content (AvgIpc) is 4.08. The van der Waals surface area contributed by atoms with Gasteiger partial charge >= 0.3 is 0 Å². The Bertz CT molecular complexity index is 2980. The summed E-state index contributed by atoms with van der Waals surface area (Å²) < 4.78 is 0. The van der Waals surface area contributed by atoms with E-state index in [4.69, 9.17) is 9.97 Å². The van der Waals surface area contributed by atoms with Crippen molar-refractivity contribution in [2.24, 2.45) is 16.7 Å². The van der Waals surface area contributed by atoms with Crippen molar-refractivity contribution >= 4 is 46.0 Å². The van der Waals surface area contributed by atoms with Gasteiger partial charge in [0.15, 0.2) is 5.65 Å². The van der Waals surface area contributed by atoms with Crippen LogP contribution in [-0.4, -0.2) is 118 Å². The van der Waals surface area contributed by atoms with Gasteiger partial charge in [0.05, 0.1) is 33.9 Å². The Kier molecular flexibility index (Phi) is 12.6. The molecule has 7 heterocycles. The number of phenolic OH excluding ortho intramolecular Hbond substituents is 1. The number of aliphatic hydroxyl groups is 1. The van der Waals surface area contributed by atoms with Crippen molar-refractivity contribution in [2.75, 3.05) is 31.1 Å². The van der Waals surface area contributed by atoms with Gasteiger partial charge in [0.2, 0.25) is 23.7 Å². The van der Waals surface area contributed by atoms with Crippen LogP contribution < -0.4 is 15.5 Å². The van der Waals surface area contributed by atoms with E-state index in [2.05, 4.69) is 40.6 Å². The smallest absolute Gasteiger partial charge is 0.246 e. The zero-order chi connectivity index (χ0) is 50.1. The first-order valence-corrected chi connectivity index (χ1v) is 26.5. The molecule has 2 saturated carbocycles. The van der Waals surface area contributed by atoms with E-state index in [1.807, 2.05) is 95.0 Å². The fourth-order valence-corrected chi connectivity index (χ4v) is 13.1. The highest BCUT2D eigenvalue weighted by atomic mass is 32.1. The molecule has 0 bridgehead atoms. The van der Waals surface area contributed by atoms with E-state index in [1.165, 1.54) is 10.5 Å². The highest BCUT2D eigenvalue weighted by molar-refractivity contribution is 7.13. The van der Waals surface area contributed by atoms with Crippen molar-refractivity contribution in [1.82, 2.24) is 50.6 Å². The summed E-state index contributed by atoms with van der Waals surface area (Å²) in [6, 6.07) is 15.7. The number of carbonyl (C=O) groups is 3. The van der Waals surface area contributed by atoms with Gasteiger partial charge in [0, 0.05) is 79.0 Å². The van der Waals surface area contributed by atoms with Gasteiger partial charge in [0.25, 0.3) is 0 Å². The lowest BCUT2D eigenvalue weighted by molar-refractivity contribution is -0.150. The summed E-state index contributed by atoms with van der Waals surface area (Å²) in [6.07, 6.45) is 10.1. The summed E-state index contributed by atoms with van der Waals surface area (Å²) in [5.74, 6) is 0.396. The molecule has 3 aliphatic heterocycles. The lowest BCUT2D eigenvalue weighted by Crippen LogP contribution is -2.62. The van der Waals surface area contributed by atoms with Crippen LogP contribution in [0, 0.1) is 23.7 Å². The number of aryl methyl sites for hydroxylation is 1. The summed E-state index contributed by atoms with van der Waals surface area (Å²) in [7, 11) is 0. The molecule has 0 radical (unpaired) electrons. The summed E-state index contributed by atoms with van der Waals surface area (Å²) in [4.78, 5) is 67.1. The minimum absolute atomic E-state index is 0.0386. The zero-order valence-corrected chi connectivity index (χ0v) is 42.6. The summed E-state index contributed by atoms with van der Waals surface area (Å²) in [5.41, 5.74) is 9.89. The van der Waals surface area contributed by atoms with Crippen molar-refractivity contribution in [2.45, 2.75) is 129 Å². The number of β-amino-alcohol motifs (C(OH)–C–C–N with tert-alkyl or cyclic N) is 1. The van der Waals surface area contributed by atoms with Gasteiger partial charge < -0.3 is 40.5 Å². The van der Waals surface area contributed by atoms with E-state index in [1.54, 1.807) is 23.5 Å². The van der Waals surface area contributed by atoms with Crippen molar-refractivity contribution in [3.05, 3.63) is 101 Å². The van der Waals surface area contributed by atoms with Gasteiger partial charge in [0.1, 0.15) is 17.8 Å². The number of rotatable bonds is 11. The minimum Gasteiger partial charge on any atom is -0.507 e. The number of H-pyrrole nitrogens is 1. The highest BCUT2D eigenvalue weighted by Gasteiger charge is 2.57. The van der Waals surface area contributed by atoms with E-state index in [-0.39, 0.29) is 53.8 Å². The van der Waals surface area contributed by atoms with Crippen LogP contribution in [0.1, 0.15) is 113 Å². The van der Waals surface area contributed by atoms with Crippen LogP contribution in [-0.2, 0) is 27.3 Å². The number of hydrogen-bond donors (Lipinski definition) is 5. The molecule has 5 aliphatic rings. The number of piperidine rings is 1. The predicted octanol–water partition coefficient (Wildman–Crippen LogP) is 7.22. The van der Waals surface area contributed by atoms with Crippen LogP contribution >= 0.6 is 11.3 Å². The molecule has 72 heavy (non-hydrogen) atoms. The van der Waals surface area contributed by atoms with Gasteiger partial charge in [-0.2, -0.15) is 0 Å². The first-order chi connectivity index (χ1) is 34.6. The summed E-state index contributed by atoms with van der Waals surface area (Å²) in [6.45, 7) is 13.2. The monoisotopic (exact) mass is 991 g/mol. The van der Waals surface area contributed by atoms with Crippen LogP contribution in [0.2, 0.25) is 0 Å². The largest absolute Gasteiger partial charge is 0.507 e. The number of thiazole rings is 1. The van der Waals surface area contributed by atoms with Crippen LogP contribution in [0.25, 0.3) is 32.7 Å². The molecule has 4 fully saturated rings. The van der Waals surface area contributed by atoms with Gasteiger partial charge in [-0.3, -0.25) is 14.4 Å². The van der Waals surface area contributed by atoms with Crippen molar-refractivity contribution in [3.8, 4) is 27.4 Å². The molecule has 16 nitrogen and oxygen atoms in total. The number of benzene rings is 2. The number of aromatic hydroxyl groups is 1. The number of aromatic amines is 1. The Morgan fingerprint density at radius 2 is 1.65 bits per heavy atom. The Labute approximate surface area is 424 Å². The maximum absolute atomic E-state index is 14.4. The molecule has 1 spiro atoms. The average molecular weight is 992 g/mol. The van der Waals surface area contributed by atoms with Crippen molar-refractivity contribution in [1.29, 1.82) is 0 Å². The standard InChI is InChI=1S/C55H65N11O5S/c1-31(33-10-12-35(13-11-33)47-32(2)58-30-72-47)59-51(70)45-20-39(67)28-66(45)52(71)48(54(3,4)5)61-50(69)36-22-55(23-36)24-38(25-55)64-17-14-34(15-18-64)37-26-56-53(57-27-37)65-19-16-43-42(29-65)41-21-44(62-63-49(41)60-43)40-8-6-7-9-46(40)68/h6-13,21,26-27,30-31,34,36,38-39,45,48,67-68H,14-20,22-25,28-29H2,1-5H3,(H,59,70)(H,60,63)(H,61,69)/t31-,36?,38?,39+,45-,48+,55?/m0/s1. The lowest BCUT2D eigenvalue weighted by atomic mass is 9.49. The van der Waals surface area contributed by atoms with Crippen LogP contribution in [0.3, 0.4) is 0 Å². The molecule has 4 aromatic heterocycles. The number of aromatic nitrogens is 6. The number of likely N-dealkylation sites (tertiary alicyclic amines) is 2. The van der Waals surface area contributed by atoms with Gasteiger partial charge in [-0.05, 0) is 117 Å². The third-order valence-corrected chi connectivity index (χ3v) is 17.5. The predicted molar refractivity (Wildman–Crippen MR) is 276 cm³/mol. The quantitative estimate of drug-likeness (QED) is 0.0873. The fraction of sp³-hybridized carbons (Fsp3) is 0.491. The van der Waals surface area contributed by atoms with E-state index in [0.717, 1.165) is 115 Å². The molecular formula is C55H65N11O5S. The molecule has 2 aliphatic carbocycles. The lowest BCUT2D eigenvalue weighted by Gasteiger charge is -2.60. The SMILES string of the molecule is Cc1ncsc1-c1ccc([C@H](C)NC(=O)[C@@H]2C[C@@H](O)CN2C(=O)[C@@H](NC(=O)C2CC3(C2)CC(N2CCC(c4cnc(N5CCc6[nH]c7nnc(-c8ccccc8O)cc7c6C5)nc4)CC2)C3)C(C)(C)C)cc1. The number of hydrogen-bond acceptors (Lipinski definition) is 13. The van der Waals surface area contributed by atoms with Crippen molar-refractivity contribution in [3.63, 3.8) is 0 Å². The second-order valence-electron chi connectivity index (χ2n) is 22.4. The number of nitrogens with zero attached hydrogens (tertiary/aromatic N) is 8. The molecule has 0 unspecified atom stereocenters. The molecule has 2 saturated heterocycles. The normalized spacial score (nSPS) is 24.4. The number of fused-ring (bicyclic) bond motifs is 3.